The first-order valence-corrected chi connectivity index (χ1v) is 5.34. The molecule has 0 saturated carbocycles. The molecular weight excluding hydrogens is 242 g/mol. The number of nitrogens with two attached hydrogens (primary N) is 1. The van der Waals surface area contributed by atoms with Crippen molar-refractivity contribution in [3.05, 3.63) is 22.3 Å². The number of aromatic nitrogens is 1. The molecule has 0 aliphatic carbocycles. The van der Waals surface area contributed by atoms with Crippen LogP contribution in [0.4, 0.5) is 5.82 Å². The largest absolute Gasteiger partial charge is 0.363 e. The summed E-state index contributed by atoms with van der Waals surface area (Å²) in [5.41, 5.74) is 6.63. The number of halogens is 1. The van der Waals surface area contributed by atoms with Crippen LogP contribution in [0.1, 0.15) is 19.4 Å². The Hall–Kier alpha value is -0.610. The van der Waals surface area contributed by atoms with Crippen LogP contribution < -0.4 is 11.1 Å². The van der Waals surface area contributed by atoms with Gasteiger partial charge in [-0.3, -0.25) is 0 Å². The number of hydrogen-bond acceptors (Lipinski definition) is 3. The van der Waals surface area contributed by atoms with Crippen molar-refractivity contribution in [3.63, 3.8) is 0 Å². The smallest absolute Gasteiger partial charge is 0.140 e. The van der Waals surface area contributed by atoms with Gasteiger partial charge in [0, 0.05) is 18.3 Å². The standard InChI is InChI=1S/C10H16BrN3/c1-7-4-8(11)9(13-5-7)14-10(2,3)6-12/h4-5H,6,12H2,1-3H3,(H,13,14). The van der Waals surface area contributed by atoms with E-state index in [9.17, 15) is 0 Å². The first kappa shape index (κ1) is 11.5. The number of nitrogens with one attached hydrogen (secondary N) is 1. The fraction of sp³-hybridized carbons (Fsp3) is 0.500. The number of anilines is 1. The molecule has 78 valence electrons. The summed E-state index contributed by atoms with van der Waals surface area (Å²) in [5, 5.41) is 3.28. The number of pyridine rings is 1. The second kappa shape index (κ2) is 4.28. The molecule has 4 heteroatoms. The summed E-state index contributed by atoms with van der Waals surface area (Å²) in [6.45, 7) is 6.66. The summed E-state index contributed by atoms with van der Waals surface area (Å²) in [6, 6.07) is 2.03. The minimum Gasteiger partial charge on any atom is -0.363 e. The summed E-state index contributed by atoms with van der Waals surface area (Å²) in [7, 11) is 0. The highest BCUT2D eigenvalue weighted by Crippen LogP contribution is 2.23. The molecule has 0 aliphatic rings. The molecule has 1 heterocycles. The van der Waals surface area contributed by atoms with Crippen molar-refractivity contribution in [2.75, 3.05) is 11.9 Å². The van der Waals surface area contributed by atoms with Gasteiger partial charge in [0.25, 0.3) is 0 Å². The molecule has 0 aromatic carbocycles. The van der Waals surface area contributed by atoms with Crippen LogP contribution in [0.2, 0.25) is 0 Å². The van der Waals surface area contributed by atoms with Crippen LogP contribution in [0.25, 0.3) is 0 Å². The maximum absolute atomic E-state index is 5.63. The maximum Gasteiger partial charge on any atom is 0.140 e. The van der Waals surface area contributed by atoms with Crippen molar-refractivity contribution in [1.82, 2.24) is 4.98 Å². The summed E-state index contributed by atoms with van der Waals surface area (Å²) in [5.74, 6) is 0.839. The molecule has 14 heavy (non-hydrogen) atoms. The molecule has 0 unspecified atom stereocenters. The van der Waals surface area contributed by atoms with E-state index in [1.807, 2.05) is 33.0 Å². The zero-order valence-corrected chi connectivity index (χ0v) is 10.4. The molecule has 0 radical (unpaired) electrons. The molecular formula is C10H16BrN3. The number of hydrogen-bond donors (Lipinski definition) is 2. The van der Waals surface area contributed by atoms with Gasteiger partial charge in [-0.2, -0.15) is 0 Å². The lowest BCUT2D eigenvalue weighted by molar-refractivity contribution is 0.577. The Balaban J connectivity index is 2.87. The molecule has 3 N–H and O–H groups in total. The fourth-order valence-electron chi connectivity index (χ4n) is 0.997. The third-order valence-electron chi connectivity index (χ3n) is 1.95. The molecule has 0 atom stereocenters. The van der Waals surface area contributed by atoms with E-state index in [0.29, 0.717) is 6.54 Å². The van der Waals surface area contributed by atoms with Gasteiger partial charge in [0.05, 0.1) is 4.47 Å². The van der Waals surface area contributed by atoms with E-state index >= 15 is 0 Å². The lowest BCUT2D eigenvalue weighted by Gasteiger charge is -2.25. The Bertz CT molecular complexity index is 323. The molecule has 1 rings (SSSR count). The number of rotatable bonds is 3. The Labute approximate surface area is 93.2 Å². The van der Waals surface area contributed by atoms with E-state index < -0.39 is 0 Å². The molecule has 0 aliphatic heterocycles. The quantitative estimate of drug-likeness (QED) is 0.874. The molecule has 0 amide bonds. The van der Waals surface area contributed by atoms with Gasteiger partial charge in [-0.05, 0) is 48.3 Å². The van der Waals surface area contributed by atoms with E-state index in [4.69, 9.17) is 5.73 Å². The predicted molar refractivity (Wildman–Crippen MR) is 63.4 cm³/mol. The van der Waals surface area contributed by atoms with Crippen LogP contribution in [-0.2, 0) is 0 Å². The second-order valence-corrected chi connectivity index (χ2v) is 4.91. The van der Waals surface area contributed by atoms with Gasteiger partial charge in [0.2, 0.25) is 0 Å². The summed E-state index contributed by atoms with van der Waals surface area (Å²) >= 11 is 3.46. The number of aryl methyl sites for hydroxylation is 1. The maximum atomic E-state index is 5.63. The molecule has 0 fully saturated rings. The third kappa shape index (κ3) is 2.96. The van der Waals surface area contributed by atoms with Crippen LogP contribution in [0, 0.1) is 6.92 Å². The normalized spacial score (nSPS) is 11.5. The topological polar surface area (TPSA) is 50.9 Å². The lowest BCUT2D eigenvalue weighted by atomic mass is 10.1. The van der Waals surface area contributed by atoms with Gasteiger partial charge in [-0.25, -0.2) is 4.98 Å². The highest BCUT2D eigenvalue weighted by molar-refractivity contribution is 9.10. The summed E-state index contributed by atoms with van der Waals surface area (Å²) in [6.07, 6.45) is 1.83. The highest BCUT2D eigenvalue weighted by atomic mass is 79.9. The minimum absolute atomic E-state index is 0.134. The molecule has 1 aromatic rings. The van der Waals surface area contributed by atoms with Crippen molar-refractivity contribution in [2.45, 2.75) is 26.3 Å². The second-order valence-electron chi connectivity index (χ2n) is 4.06. The molecule has 0 spiro atoms. The molecule has 3 nitrogen and oxygen atoms in total. The van der Waals surface area contributed by atoms with E-state index in [-0.39, 0.29) is 5.54 Å². The van der Waals surface area contributed by atoms with Gasteiger partial charge in [0.15, 0.2) is 0 Å². The van der Waals surface area contributed by atoms with Crippen molar-refractivity contribution in [2.24, 2.45) is 5.73 Å². The lowest BCUT2D eigenvalue weighted by Crippen LogP contribution is -2.39. The minimum atomic E-state index is -0.134. The molecule has 0 bridgehead atoms. The highest BCUT2D eigenvalue weighted by Gasteiger charge is 2.16. The first-order valence-electron chi connectivity index (χ1n) is 4.55. The summed E-state index contributed by atoms with van der Waals surface area (Å²) in [4.78, 5) is 4.30. The van der Waals surface area contributed by atoms with Crippen molar-refractivity contribution >= 4 is 21.7 Å². The van der Waals surface area contributed by atoms with Crippen LogP contribution in [0.15, 0.2) is 16.7 Å². The zero-order chi connectivity index (χ0) is 10.8. The average Bonchev–Trinajstić information content (AvgIpc) is 2.10. The van der Waals surface area contributed by atoms with E-state index in [1.54, 1.807) is 0 Å². The Morgan fingerprint density at radius 3 is 2.71 bits per heavy atom. The van der Waals surface area contributed by atoms with Crippen molar-refractivity contribution < 1.29 is 0 Å². The Morgan fingerprint density at radius 1 is 1.57 bits per heavy atom. The fourth-order valence-corrected chi connectivity index (χ4v) is 1.56. The monoisotopic (exact) mass is 257 g/mol. The van der Waals surface area contributed by atoms with Gasteiger partial charge in [-0.1, -0.05) is 0 Å². The first-order chi connectivity index (χ1) is 6.44. The number of nitrogens with zero attached hydrogens (tertiary/aromatic N) is 1. The van der Waals surface area contributed by atoms with Crippen molar-refractivity contribution in [3.8, 4) is 0 Å². The van der Waals surface area contributed by atoms with Crippen LogP contribution in [0.3, 0.4) is 0 Å². The Morgan fingerprint density at radius 2 is 2.21 bits per heavy atom. The summed E-state index contributed by atoms with van der Waals surface area (Å²) < 4.78 is 0.971. The van der Waals surface area contributed by atoms with Crippen LogP contribution in [-0.4, -0.2) is 17.1 Å². The third-order valence-corrected chi connectivity index (χ3v) is 2.55. The van der Waals surface area contributed by atoms with E-state index in [1.165, 1.54) is 0 Å². The van der Waals surface area contributed by atoms with Gasteiger partial charge in [-0.15, -0.1) is 0 Å². The van der Waals surface area contributed by atoms with E-state index in [2.05, 4.69) is 26.2 Å². The zero-order valence-electron chi connectivity index (χ0n) is 8.76. The van der Waals surface area contributed by atoms with Crippen molar-refractivity contribution in [1.29, 1.82) is 0 Å². The van der Waals surface area contributed by atoms with Gasteiger partial charge < -0.3 is 11.1 Å². The predicted octanol–water partition coefficient (Wildman–Crippen LogP) is 2.30. The average molecular weight is 258 g/mol. The SMILES string of the molecule is Cc1cnc(NC(C)(C)CN)c(Br)c1. The van der Waals surface area contributed by atoms with Crippen LogP contribution in [0.5, 0.6) is 0 Å². The van der Waals surface area contributed by atoms with Crippen LogP contribution >= 0.6 is 15.9 Å². The van der Waals surface area contributed by atoms with Gasteiger partial charge >= 0.3 is 0 Å². The van der Waals surface area contributed by atoms with E-state index in [0.717, 1.165) is 15.9 Å². The molecule has 0 saturated heterocycles. The Kier molecular flexibility index (Phi) is 3.50. The molecule has 1 aromatic heterocycles. The van der Waals surface area contributed by atoms with Gasteiger partial charge in [0.1, 0.15) is 5.82 Å².